The second kappa shape index (κ2) is 8.29. The highest BCUT2D eigenvalue weighted by atomic mass is 35.5. The summed E-state index contributed by atoms with van der Waals surface area (Å²) in [6, 6.07) is 11.8. The zero-order valence-corrected chi connectivity index (χ0v) is 16.5. The smallest absolute Gasteiger partial charge is 0.262 e. The number of benzene rings is 2. The number of nitrogens with zero attached hydrogens (tertiary/aromatic N) is 1. The Morgan fingerprint density at radius 2 is 1.81 bits per heavy atom. The molecule has 0 spiro atoms. The largest absolute Gasteiger partial charge is 0.484 e. The van der Waals surface area contributed by atoms with Crippen LogP contribution in [0, 0.1) is 6.92 Å². The van der Waals surface area contributed by atoms with Gasteiger partial charge in [0.05, 0.1) is 5.02 Å². The standard InChI is InChI=1S/C19H21ClN2O4S/c1-14-4-7-16(8-5-14)26-13-19(23)21-15-6-9-17(20)18(12-15)27(24,25)22-10-2-3-11-22/h4-9,12H,2-3,10-11,13H2,1H3,(H,21,23). The van der Waals surface area contributed by atoms with E-state index in [1.807, 2.05) is 19.1 Å². The van der Waals surface area contributed by atoms with Crippen LogP contribution in [-0.2, 0) is 14.8 Å². The van der Waals surface area contributed by atoms with Gasteiger partial charge in [0.2, 0.25) is 10.0 Å². The van der Waals surface area contributed by atoms with E-state index in [2.05, 4.69) is 5.32 Å². The SMILES string of the molecule is Cc1ccc(OCC(=O)Nc2ccc(Cl)c(S(=O)(=O)N3CCCC3)c2)cc1. The Morgan fingerprint density at radius 1 is 1.15 bits per heavy atom. The molecule has 2 aromatic carbocycles. The topological polar surface area (TPSA) is 75.7 Å². The van der Waals surface area contributed by atoms with Crippen LogP contribution in [0.25, 0.3) is 0 Å². The van der Waals surface area contributed by atoms with Crippen molar-refractivity contribution in [3.8, 4) is 5.75 Å². The maximum atomic E-state index is 12.7. The number of rotatable bonds is 6. The molecule has 0 aromatic heterocycles. The van der Waals surface area contributed by atoms with Crippen molar-refractivity contribution in [1.82, 2.24) is 4.31 Å². The van der Waals surface area contributed by atoms with Gasteiger partial charge in [-0.2, -0.15) is 4.31 Å². The minimum atomic E-state index is -3.67. The number of nitrogens with one attached hydrogen (secondary N) is 1. The predicted molar refractivity (Wildman–Crippen MR) is 105 cm³/mol. The van der Waals surface area contributed by atoms with Gasteiger partial charge in [0.25, 0.3) is 5.91 Å². The van der Waals surface area contributed by atoms with Gasteiger partial charge in [-0.05, 0) is 50.1 Å². The van der Waals surface area contributed by atoms with E-state index in [0.717, 1.165) is 18.4 Å². The third-order valence-electron chi connectivity index (χ3n) is 4.29. The number of anilines is 1. The minimum absolute atomic E-state index is 0.00307. The first-order chi connectivity index (χ1) is 12.9. The molecule has 6 nitrogen and oxygen atoms in total. The summed E-state index contributed by atoms with van der Waals surface area (Å²) in [7, 11) is -3.67. The third-order valence-corrected chi connectivity index (χ3v) is 6.67. The van der Waals surface area contributed by atoms with E-state index in [1.165, 1.54) is 16.4 Å². The molecule has 2 aromatic rings. The van der Waals surface area contributed by atoms with Crippen molar-refractivity contribution in [2.45, 2.75) is 24.7 Å². The van der Waals surface area contributed by atoms with E-state index in [0.29, 0.717) is 24.5 Å². The Morgan fingerprint density at radius 3 is 2.48 bits per heavy atom. The first-order valence-electron chi connectivity index (χ1n) is 8.65. The van der Waals surface area contributed by atoms with Crippen molar-refractivity contribution in [3.63, 3.8) is 0 Å². The van der Waals surface area contributed by atoms with Gasteiger partial charge in [0.1, 0.15) is 10.6 Å². The Bertz CT molecular complexity index is 923. The summed E-state index contributed by atoms with van der Waals surface area (Å²) in [5.41, 5.74) is 1.45. The third kappa shape index (κ3) is 4.80. The summed E-state index contributed by atoms with van der Waals surface area (Å²) in [5, 5.41) is 2.78. The fourth-order valence-electron chi connectivity index (χ4n) is 2.83. The van der Waals surface area contributed by atoms with Crippen LogP contribution in [0.5, 0.6) is 5.75 Å². The van der Waals surface area contributed by atoms with Gasteiger partial charge >= 0.3 is 0 Å². The molecule has 1 heterocycles. The van der Waals surface area contributed by atoms with E-state index in [1.54, 1.807) is 18.2 Å². The first-order valence-corrected chi connectivity index (χ1v) is 10.5. The molecular formula is C19H21ClN2O4S. The van der Waals surface area contributed by atoms with Gasteiger partial charge in [-0.25, -0.2) is 8.42 Å². The lowest BCUT2D eigenvalue weighted by Crippen LogP contribution is -2.28. The monoisotopic (exact) mass is 408 g/mol. The van der Waals surface area contributed by atoms with Crippen molar-refractivity contribution in [2.24, 2.45) is 0 Å². The number of ether oxygens (including phenoxy) is 1. The molecule has 0 atom stereocenters. The van der Waals surface area contributed by atoms with Crippen LogP contribution < -0.4 is 10.1 Å². The molecule has 3 rings (SSSR count). The van der Waals surface area contributed by atoms with Crippen LogP contribution in [-0.4, -0.2) is 38.3 Å². The maximum Gasteiger partial charge on any atom is 0.262 e. The number of carbonyl (C=O) groups excluding carboxylic acids is 1. The van der Waals surface area contributed by atoms with Crippen LogP contribution >= 0.6 is 11.6 Å². The lowest BCUT2D eigenvalue weighted by atomic mass is 10.2. The number of carbonyl (C=O) groups is 1. The molecule has 144 valence electrons. The summed E-state index contributed by atoms with van der Waals surface area (Å²) in [6.45, 7) is 2.75. The van der Waals surface area contributed by atoms with Crippen molar-refractivity contribution >= 4 is 33.2 Å². The van der Waals surface area contributed by atoms with Gasteiger partial charge in [-0.1, -0.05) is 29.3 Å². The highest BCUT2D eigenvalue weighted by molar-refractivity contribution is 7.89. The lowest BCUT2D eigenvalue weighted by Gasteiger charge is -2.17. The van der Waals surface area contributed by atoms with Crippen LogP contribution in [0.1, 0.15) is 18.4 Å². The van der Waals surface area contributed by atoms with Crippen LogP contribution in [0.15, 0.2) is 47.4 Å². The average molecular weight is 409 g/mol. The minimum Gasteiger partial charge on any atom is -0.484 e. The Labute approximate surface area is 164 Å². The summed E-state index contributed by atoms with van der Waals surface area (Å²) >= 11 is 6.11. The highest BCUT2D eigenvalue weighted by Gasteiger charge is 2.29. The second-order valence-corrected chi connectivity index (χ2v) is 8.72. The Balaban J connectivity index is 1.68. The van der Waals surface area contributed by atoms with E-state index in [9.17, 15) is 13.2 Å². The van der Waals surface area contributed by atoms with Crippen molar-refractivity contribution in [2.75, 3.05) is 25.0 Å². The molecule has 1 fully saturated rings. The molecule has 1 aliphatic heterocycles. The van der Waals surface area contributed by atoms with Crippen molar-refractivity contribution < 1.29 is 17.9 Å². The van der Waals surface area contributed by atoms with Crippen LogP contribution in [0.4, 0.5) is 5.69 Å². The molecule has 0 bridgehead atoms. The normalized spacial score (nSPS) is 14.9. The molecule has 0 aliphatic carbocycles. The van der Waals surface area contributed by atoms with Gasteiger partial charge < -0.3 is 10.1 Å². The molecule has 0 unspecified atom stereocenters. The fraction of sp³-hybridized carbons (Fsp3) is 0.316. The van der Waals surface area contributed by atoms with Crippen LogP contribution in [0.2, 0.25) is 5.02 Å². The number of amides is 1. The number of aryl methyl sites for hydroxylation is 1. The van der Waals surface area contributed by atoms with E-state index in [-0.39, 0.29) is 22.4 Å². The van der Waals surface area contributed by atoms with Crippen molar-refractivity contribution in [1.29, 1.82) is 0 Å². The summed E-state index contributed by atoms with van der Waals surface area (Å²) in [6.07, 6.45) is 1.67. The highest BCUT2D eigenvalue weighted by Crippen LogP contribution is 2.29. The lowest BCUT2D eigenvalue weighted by molar-refractivity contribution is -0.118. The molecule has 1 saturated heterocycles. The molecule has 0 radical (unpaired) electrons. The molecule has 1 amide bonds. The van der Waals surface area contributed by atoms with Gasteiger partial charge in [0.15, 0.2) is 6.61 Å². The fourth-order valence-corrected chi connectivity index (χ4v) is 4.84. The molecule has 8 heteroatoms. The molecule has 1 aliphatic rings. The number of hydrogen-bond donors (Lipinski definition) is 1. The Hall–Kier alpha value is -2.09. The molecule has 1 N–H and O–H groups in total. The number of hydrogen-bond acceptors (Lipinski definition) is 4. The zero-order valence-electron chi connectivity index (χ0n) is 14.9. The predicted octanol–water partition coefficient (Wildman–Crippen LogP) is 3.45. The maximum absolute atomic E-state index is 12.7. The summed E-state index contributed by atoms with van der Waals surface area (Å²) in [4.78, 5) is 12.1. The van der Waals surface area contributed by atoms with Gasteiger partial charge in [-0.3, -0.25) is 4.79 Å². The molecular weight excluding hydrogens is 388 g/mol. The van der Waals surface area contributed by atoms with Gasteiger partial charge in [-0.15, -0.1) is 0 Å². The van der Waals surface area contributed by atoms with Crippen LogP contribution in [0.3, 0.4) is 0 Å². The van der Waals surface area contributed by atoms with E-state index >= 15 is 0 Å². The van der Waals surface area contributed by atoms with Crippen molar-refractivity contribution in [3.05, 3.63) is 53.1 Å². The first kappa shape index (κ1) is 19.7. The average Bonchev–Trinajstić information content (AvgIpc) is 3.18. The second-order valence-electron chi connectivity index (χ2n) is 6.41. The number of halogens is 1. The quantitative estimate of drug-likeness (QED) is 0.794. The van der Waals surface area contributed by atoms with Gasteiger partial charge in [0, 0.05) is 18.8 Å². The molecule has 0 saturated carbocycles. The molecule has 27 heavy (non-hydrogen) atoms. The summed E-state index contributed by atoms with van der Waals surface area (Å²) < 4.78 is 32.3. The van der Waals surface area contributed by atoms with E-state index < -0.39 is 10.0 Å². The van der Waals surface area contributed by atoms with E-state index in [4.69, 9.17) is 16.3 Å². The Kier molecular flexibility index (Phi) is 6.04. The zero-order chi connectivity index (χ0) is 19.4. The summed E-state index contributed by atoms with van der Waals surface area (Å²) in [5.74, 6) is 0.201. The number of sulfonamides is 1.